The van der Waals surface area contributed by atoms with Crippen LogP contribution < -0.4 is 0 Å². The molecule has 4 fully saturated rings. The molecule has 0 unspecified atom stereocenters. The van der Waals surface area contributed by atoms with Crippen molar-refractivity contribution in [3.63, 3.8) is 0 Å². The number of fused-ring (bicyclic) bond motifs is 3. The van der Waals surface area contributed by atoms with Crippen LogP contribution in [0.2, 0.25) is 36.3 Å². The molecule has 0 N–H and O–H groups in total. The highest BCUT2D eigenvalue weighted by Crippen LogP contribution is 2.45. The molecule has 46 heavy (non-hydrogen) atoms. The summed E-state index contributed by atoms with van der Waals surface area (Å²) in [4.78, 5) is 0.397. The molecule has 3 heterocycles. The molecule has 10 heteroatoms. The van der Waals surface area contributed by atoms with E-state index in [-0.39, 0.29) is 35.2 Å². The van der Waals surface area contributed by atoms with Gasteiger partial charge in [-0.2, -0.15) is 0 Å². The van der Waals surface area contributed by atoms with Gasteiger partial charge in [-0.15, -0.1) is 0 Å². The molecule has 1 saturated carbocycles. The van der Waals surface area contributed by atoms with Crippen LogP contribution in [0.5, 0.6) is 0 Å². The Labute approximate surface area is 282 Å². The lowest BCUT2D eigenvalue weighted by Gasteiger charge is -2.50. The quantitative estimate of drug-likeness (QED) is 0.0814. The zero-order chi connectivity index (χ0) is 33.5. The van der Waals surface area contributed by atoms with Gasteiger partial charge in [0.25, 0.3) is 5.97 Å². The second-order valence-electron chi connectivity index (χ2n) is 14.4. The molecule has 2 bridgehead atoms. The molecule has 7 nitrogen and oxygen atoms in total. The summed E-state index contributed by atoms with van der Waals surface area (Å²) >= 11 is 0. The summed E-state index contributed by atoms with van der Waals surface area (Å²) in [5.41, 5.74) is -0.0328. The number of sulfone groups is 1. The molecule has 3 aliphatic heterocycles. The van der Waals surface area contributed by atoms with E-state index in [4.69, 9.17) is 23.1 Å². The van der Waals surface area contributed by atoms with Gasteiger partial charge in [0.05, 0.1) is 42.7 Å². The lowest BCUT2D eigenvalue weighted by atomic mass is 9.91. The topological polar surface area (TPSA) is 80.3 Å². The standard InChI is InChI=1S/C36H62O7SSi2/c1-8-45(9-2,10-3)42-33-25-34(43-46(11-4,12-5)13-6)32(26-44(37,38)30-21-17-16-18-22-30)31(33)23-19-14-15-20-24-36-39-27-35(7,28-40-36)29-41-36/h14,16-19,21-22,31-34H,8-13,15,20,23-29H2,1-7H3/b19-14+/t31-,32-,33+,34-,35?,36?/m1/s1. The van der Waals surface area contributed by atoms with Crippen LogP contribution in [0.3, 0.4) is 0 Å². The first-order chi connectivity index (χ1) is 22.0. The third-order valence-electron chi connectivity index (χ3n) is 11.5. The van der Waals surface area contributed by atoms with Crippen molar-refractivity contribution in [2.75, 3.05) is 25.6 Å². The first-order valence-corrected chi connectivity index (χ1v) is 24.9. The molecule has 0 aromatic heterocycles. The average molecular weight is 695 g/mol. The average Bonchev–Trinajstić information content (AvgIpc) is 3.38. The van der Waals surface area contributed by atoms with Crippen LogP contribution in [-0.2, 0) is 32.9 Å². The van der Waals surface area contributed by atoms with E-state index in [9.17, 15) is 8.42 Å². The molecular weight excluding hydrogens is 633 g/mol. The van der Waals surface area contributed by atoms with Gasteiger partial charge in [0.15, 0.2) is 26.5 Å². The highest BCUT2D eigenvalue weighted by atomic mass is 32.2. The van der Waals surface area contributed by atoms with Gasteiger partial charge in [0.1, 0.15) is 0 Å². The van der Waals surface area contributed by atoms with Gasteiger partial charge < -0.3 is 23.1 Å². The Bertz CT molecular complexity index is 1170. The third-order valence-corrected chi connectivity index (χ3v) is 22.7. The molecule has 5 rings (SSSR count). The minimum absolute atomic E-state index is 0.00212. The van der Waals surface area contributed by atoms with Gasteiger partial charge in [-0.1, -0.05) is 78.8 Å². The Hall–Kier alpha value is -0.856. The van der Waals surface area contributed by atoms with Crippen molar-refractivity contribution >= 4 is 26.5 Å². The number of unbranched alkanes of at least 4 members (excludes halogenated alkanes) is 1. The van der Waals surface area contributed by atoms with Gasteiger partial charge in [-0.05, 0) is 80.0 Å². The number of ether oxygens (including phenoxy) is 3. The second-order valence-corrected chi connectivity index (χ2v) is 25.9. The van der Waals surface area contributed by atoms with E-state index in [1.54, 1.807) is 12.1 Å². The van der Waals surface area contributed by atoms with Gasteiger partial charge in [0, 0.05) is 17.8 Å². The molecule has 1 aromatic rings. The molecule has 3 saturated heterocycles. The zero-order valence-corrected chi connectivity index (χ0v) is 32.5. The SMILES string of the molecule is CC[Si](CC)(CC)O[C@H]1C[C@@H](O[Si](CC)(CC)CC)[C@H](CS(=O)(=O)c2ccccc2)[C@H]1C/C=C/CCCC12OCC(C)(CO1)CO2. The maximum Gasteiger partial charge on any atom is 0.282 e. The number of allylic oxidation sites excluding steroid dienone is 2. The summed E-state index contributed by atoms with van der Waals surface area (Å²) in [5.74, 6) is -0.841. The van der Waals surface area contributed by atoms with Crippen LogP contribution >= 0.6 is 0 Å². The molecule has 262 valence electrons. The fourth-order valence-electron chi connectivity index (χ4n) is 7.70. The third kappa shape index (κ3) is 8.83. The van der Waals surface area contributed by atoms with Crippen LogP contribution in [0.4, 0.5) is 0 Å². The highest BCUT2D eigenvalue weighted by Gasteiger charge is 2.51. The maximum absolute atomic E-state index is 13.9. The predicted octanol–water partition coefficient (Wildman–Crippen LogP) is 8.73. The normalized spacial score (nSPS) is 30.4. The van der Waals surface area contributed by atoms with Crippen molar-refractivity contribution in [1.82, 2.24) is 0 Å². The smallest absolute Gasteiger partial charge is 0.282 e. The van der Waals surface area contributed by atoms with Crippen LogP contribution in [0, 0.1) is 17.3 Å². The fraction of sp³-hybridized carbons (Fsp3) is 0.778. The second kappa shape index (κ2) is 16.2. The van der Waals surface area contributed by atoms with Crippen molar-refractivity contribution in [2.24, 2.45) is 17.3 Å². The molecule has 0 amide bonds. The van der Waals surface area contributed by atoms with E-state index < -0.39 is 32.4 Å². The maximum atomic E-state index is 13.9. The first kappa shape index (κ1) is 38.0. The molecule has 0 spiro atoms. The van der Waals surface area contributed by atoms with Crippen LogP contribution in [0.15, 0.2) is 47.4 Å². The van der Waals surface area contributed by atoms with Crippen molar-refractivity contribution in [3.8, 4) is 0 Å². The summed E-state index contributed by atoms with van der Waals surface area (Å²) in [6.45, 7) is 17.7. The predicted molar refractivity (Wildman–Crippen MR) is 191 cm³/mol. The van der Waals surface area contributed by atoms with E-state index in [2.05, 4.69) is 60.6 Å². The first-order valence-electron chi connectivity index (χ1n) is 18.2. The molecule has 4 aliphatic rings. The number of benzene rings is 1. The molecule has 0 radical (unpaired) electrons. The van der Waals surface area contributed by atoms with Crippen LogP contribution in [0.25, 0.3) is 0 Å². The minimum atomic E-state index is -3.51. The lowest BCUT2D eigenvalue weighted by Crippen LogP contribution is -2.58. The van der Waals surface area contributed by atoms with Crippen LogP contribution in [0.1, 0.15) is 80.6 Å². The fourth-order valence-corrected chi connectivity index (χ4v) is 15.3. The van der Waals surface area contributed by atoms with Crippen molar-refractivity contribution in [3.05, 3.63) is 42.5 Å². The summed E-state index contributed by atoms with van der Waals surface area (Å²) in [5, 5.41) is 0. The summed E-state index contributed by atoms with van der Waals surface area (Å²) in [7, 11) is -7.44. The molecule has 1 aromatic carbocycles. The van der Waals surface area contributed by atoms with Crippen molar-refractivity contribution in [1.29, 1.82) is 0 Å². The minimum Gasteiger partial charge on any atom is -0.414 e. The largest absolute Gasteiger partial charge is 0.414 e. The van der Waals surface area contributed by atoms with E-state index in [1.165, 1.54) is 0 Å². The lowest BCUT2D eigenvalue weighted by molar-refractivity contribution is -0.467. The number of hydrogen-bond donors (Lipinski definition) is 0. The Kier molecular flexibility index (Phi) is 13.4. The van der Waals surface area contributed by atoms with Gasteiger partial charge >= 0.3 is 0 Å². The molecular formula is C36H62O7SSi2. The van der Waals surface area contributed by atoms with E-state index in [0.29, 0.717) is 31.1 Å². The van der Waals surface area contributed by atoms with Gasteiger partial charge in [-0.25, -0.2) is 8.42 Å². The van der Waals surface area contributed by atoms with Crippen molar-refractivity contribution < 1.29 is 31.5 Å². The monoisotopic (exact) mass is 694 g/mol. The molecule has 1 aliphatic carbocycles. The van der Waals surface area contributed by atoms with Gasteiger partial charge in [-0.3, -0.25) is 0 Å². The van der Waals surface area contributed by atoms with E-state index in [1.807, 2.05) is 18.2 Å². The number of rotatable bonds is 19. The summed E-state index contributed by atoms with van der Waals surface area (Å²) in [6, 6.07) is 15.3. The van der Waals surface area contributed by atoms with E-state index >= 15 is 0 Å². The van der Waals surface area contributed by atoms with Crippen molar-refractivity contribution in [2.45, 2.75) is 140 Å². The van der Waals surface area contributed by atoms with Crippen LogP contribution in [-0.4, -0.2) is 68.8 Å². The summed E-state index contributed by atoms with van der Waals surface area (Å²) in [6.07, 6.45) is 8.44. The number of hydrogen-bond acceptors (Lipinski definition) is 7. The van der Waals surface area contributed by atoms with E-state index in [0.717, 1.165) is 61.9 Å². The molecule has 4 atom stereocenters. The van der Waals surface area contributed by atoms with Gasteiger partial charge in [0.2, 0.25) is 0 Å². The Morgan fingerprint density at radius 3 is 1.78 bits per heavy atom. The Morgan fingerprint density at radius 1 is 0.783 bits per heavy atom. The summed E-state index contributed by atoms with van der Waals surface area (Å²) < 4.78 is 60.2. The Morgan fingerprint density at radius 2 is 1.28 bits per heavy atom. The Balaban J connectivity index is 1.56. The zero-order valence-electron chi connectivity index (χ0n) is 29.7. The highest BCUT2D eigenvalue weighted by molar-refractivity contribution is 7.91.